The number of halogens is 2. The fraction of sp³-hybridized carbons (Fsp3) is 0.538. The van der Waals surface area contributed by atoms with Gasteiger partial charge in [0.2, 0.25) is 0 Å². The van der Waals surface area contributed by atoms with Gasteiger partial charge in [-0.2, -0.15) is 0 Å². The van der Waals surface area contributed by atoms with Crippen LogP contribution in [0.25, 0.3) is 0 Å². The smallest absolute Gasteiger partial charge is 0.0638 e. The lowest BCUT2D eigenvalue weighted by molar-refractivity contribution is 0.337. The van der Waals surface area contributed by atoms with Gasteiger partial charge >= 0.3 is 0 Å². The molecular weight excluding hydrogens is 300 g/mol. The van der Waals surface area contributed by atoms with E-state index in [1.165, 1.54) is 38.9 Å². The number of nitrogens with zero attached hydrogens (tertiary/aromatic N) is 1. The number of anilines is 1. The van der Waals surface area contributed by atoms with Crippen molar-refractivity contribution in [2.24, 2.45) is 0 Å². The molecule has 0 saturated carbocycles. The van der Waals surface area contributed by atoms with E-state index < -0.39 is 0 Å². The summed E-state index contributed by atoms with van der Waals surface area (Å²) in [5, 5.41) is 4.18. The van der Waals surface area contributed by atoms with Gasteiger partial charge in [0.1, 0.15) is 0 Å². The molecule has 1 aromatic carbocycles. The van der Waals surface area contributed by atoms with E-state index >= 15 is 0 Å². The van der Waals surface area contributed by atoms with E-state index in [-0.39, 0.29) is 0 Å². The molecule has 0 radical (unpaired) electrons. The number of nitrogens with one attached hydrogen (secondary N) is 1. The molecule has 2 nitrogen and oxygen atoms in total. The maximum atomic E-state index is 6.11. The predicted octanol–water partition coefficient (Wildman–Crippen LogP) is 4.00. The molecule has 0 spiro atoms. The van der Waals surface area contributed by atoms with Crippen LogP contribution in [0.2, 0.25) is 5.02 Å². The van der Waals surface area contributed by atoms with Gasteiger partial charge in [0.05, 0.1) is 10.7 Å². The quantitative estimate of drug-likeness (QED) is 0.826. The van der Waals surface area contributed by atoms with Crippen LogP contribution in [0.1, 0.15) is 19.3 Å². The number of hydrogen-bond donors (Lipinski definition) is 1. The molecule has 1 aliphatic rings. The van der Waals surface area contributed by atoms with Crippen LogP contribution in [0.15, 0.2) is 22.7 Å². The highest BCUT2D eigenvalue weighted by Crippen LogP contribution is 2.25. The number of rotatable bonds is 5. The largest absolute Gasteiger partial charge is 0.384 e. The summed E-state index contributed by atoms with van der Waals surface area (Å²) < 4.78 is 1.06. The van der Waals surface area contributed by atoms with Crippen molar-refractivity contribution in [1.82, 2.24) is 4.90 Å². The summed E-state index contributed by atoms with van der Waals surface area (Å²) in [5.74, 6) is 0. The van der Waals surface area contributed by atoms with Gasteiger partial charge in [-0.05, 0) is 57.1 Å². The van der Waals surface area contributed by atoms with E-state index in [1.54, 1.807) is 0 Å². The molecule has 1 aromatic rings. The van der Waals surface area contributed by atoms with Crippen LogP contribution in [0, 0.1) is 0 Å². The van der Waals surface area contributed by atoms with Crippen molar-refractivity contribution >= 4 is 33.2 Å². The highest BCUT2D eigenvalue weighted by molar-refractivity contribution is 9.10. The first-order chi connectivity index (χ1) is 8.25. The van der Waals surface area contributed by atoms with E-state index in [1.807, 2.05) is 18.2 Å². The topological polar surface area (TPSA) is 15.3 Å². The minimum atomic E-state index is 0.786. The molecule has 1 heterocycles. The van der Waals surface area contributed by atoms with Crippen LogP contribution in [0.4, 0.5) is 5.69 Å². The minimum Gasteiger partial charge on any atom is -0.384 e. The van der Waals surface area contributed by atoms with Crippen LogP contribution in [0.3, 0.4) is 0 Å². The Morgan fingerprint density at radius 2 is 2.06 bits per heavy atom. The second-order valence-electron chi connectivity index (χ2n) is 4.45. The number of likely N-dealkylation sites (tertiary alicyclic amines) is 1. The average molecular weight is 318 g/mol. The van der Waals surface area contributed by atoms with Gasteiger partial charge in [0, 0.05) is 11.0 Å². The molecule has 4 heteroatoms. The minimum absolute atomic E-state index is 0.786. The number of hydrogen-bond acceptors (Lipinski definition) is 2. The molecule has 1 saturated heterocycles. The summed E-state index contributed by atoms with van der Waals surface area (Å²) in [4.78, 5) is 2.53. The Morgan fingerprint density at radius 1 is 1.29 bits per heavy atom. The van der Waals surface area contributed by atoms with Gasteiger partial charge in [-0.15, -0.1) is 0 Å². The Morgan fingerprint density at radius 3 is 2.82 bits per heavy atom. The molecule has 1 N–H and O–H groups in total. The Bertz CT molecular complexity index is 364. The third-order valence-electron chi connectivity index (χ3n) is 3.09. The average Bonchev–Trinajstić information content (AvgIpc) is 2.82. The second kappa shape index (κ2) is 6.62. The third kappa shape index (κ3) is 4.16. The lowest BCUT2D eigenvalue weighted by Crippen LogP contribution is -2.22. The zero-order chi connectivity index (χ0) is 12.1. The van der Waals surface area contributed by atoms with E-state index in [0.29, 0.717) is 0 Å². The highest BCUT2D eigenvalue weighted by Gasteiger charge is 2.10. The van der Waals surface area contributed by atoms with E-state index in [9.17, 15) is 0 Å². The van der Waals surface area contributed by atoms with Crippen LogP contribution in [-0.2, 0) is 0 Å². The molecule has 2 rings (SSSR count). The summed E-state index contributed by atoms with van der Waals surface area (Å²) in [6, 6.07) is 5.89. The van der Waals surface area contributed by atoms with Gasteiger partial charge in [0.15, 0.2) is 0 Å². The maximum Gasteiger partial charge on any atom is 0.0638 e. The van der Waals surface area contributed by atoms with Crippen molar-refractivity contribution < 1.29 is 0 Å². The van der Waals surface area contributed by atoms with Gasteiger partial charge in [-0.1, -0.05) is 27.5 Å². The third-order valence-corrected chi connectivity index (χ3v) is 3.92. The van der Waals surface area contributed by atoms with Crippen LogP contribution in [0.5, 0.6) is 0 Å². The lowest BCUT2D eigenvalue weighted by atomic mass is 10.3. The molecule has 1 aliphatic heterocycles. The van der Waals surface area contributed by atoms with Gasteiger partial charge in [-0.3, -0.25) is 0 Å². The van der Waals surface area contributed by atoms with Crippen LogP contribution < -0.4 is 5.32 Å². The predicted molar refractivity (Wildman–Crippen MR) is 77.9 cm³/mol. The second-order valence-corrected chi connectivity index (χ2v) is 5.78. The zero-order valence-corrected chi connectivity index (χ0v) is 12.2. The van der Waals surface area contributed by atoms with Crippen molar-refractivity contribution in [2.75, 3.05) is 31.5 Å². The molecule has 0 amide bonds. The molecule has 0 unspecified atom stereocenters. The summed E-state index contributed by atoms with van der Waals surface area (Å²) in [6.07, 6.45) is 3.90. The Kier molecular flexibility index (Phi) is 5.14. The summed E-state index contributed by atoms with van der Waals surface area (Å²) in [6.45, 7) is 4.72. The molecule has 0 aromatic heterocycles. The normalized spacial score (nSPS) is 16.4. The van der Waals surface area contributed by atoms with E-state index in [4.69, 9.17) is 11.6 Å². The van der Waals surface area contributed by atoms with Crippen molar-refractivity contribution in [3.8, 4) is 0 Å². The molecule has 0 bridgehead atoms. The molecular formula is C13H18BrClN2. The summed E-state index contributed by atoms with van der Waals surface area (Å²) in [5.41, 5.74) is 1.02. The zero-order valence-electron chi connectivity index (χ0n) is 9.88. The molecule has 94 valence electrons. The first-order valence-corrected chi connectivity index (χ1v) is 7.34. The van der Waals surface area contributed by atoms with Crippen molar-refractivity contribution in [1.29, 1.82) is 0 Å². The Hall–Kier alpha value is -0.250. The Balaban J connectivity index is 1.72. The maximum absolute atomic E-state index is 6.11. The van der Waals surface area contributed by atoms with Crippen molar-refractivity contribution in [3.63, 3.8) is 0 Å². The summed E-state index contributed by atoms with van der Waals surface area (Å²) in [7, 11) is 0. The number of benzene rings is 1. The van der Waals surface area contributed by atoms with Crippen LogP contribution >= 0.6 is 27.5 Å². The molecule has 0 aliphatic carbocycles. The first-order valence-electron chi connectivity index (χ1n) is 6.17. The van der Waals surface area contributed by atoms with E-state index in [2.05, 4.69) is 26.1 Å². The van der Waals surface area contributed by atoms with Crippen molar-refractivity contribution in [2.45, 2.75) is 19.3 Å². The highest BCUT2D eigenvalue weighted by atomic mass is 79.9. The van der Waals surface area contributed by atoms with Crippen molar-refractivity contribution in [3.05, 3.63) is 27.7 Å². The van der Waals surface area contributed by atoms with Gasteiger partial charge < -0.3 is 10.2 Å². The van der Waals surface area contributed by atoms with Crippen LogP contribution in [-0.4, -0.2) is 31.1 Å². The monoisotopic (exact) mass is 316 g/mol. The molecule has 0 atom stereocenters. The SMILES string of the molecule is Clc1ccc(Br)cc1NCCCN1CCCC1. The lowest BCUT2D eigenvalue weighted by Gasteiger charge is -2.15. The standard InChI is InChI=1S/C13H18BrClN2/c14-11-4-5-12(15)13(10-11)16-6-3-9-17-7-1-2-8-17/h4-5,10,16H,1-3,6-9H2. The molecule has 17 heavy (non-hydrogen) atoms. The van der Waals surface area contributed by atoms with Gasteiger partial charge in [-0.25, -0.2) is 0 Å². The summed E-state index contributed by atoms with van der Waals surface area (Å²) >= 11 is 9.56. The fourth-order valence-corrected chi connectivity index (χ4v) is 2.71. The fourth-order valence-electron chi connectivity index (χ4n) is 2.16. The Labute approximate surface area is 116 Å². The van der Waals surface area contributed by atoms with E-state index in [0.717, 1.165) is 21.7 Å². The van der Waals surface area contributed by atoms with Gasteiger partial charge in [0.25, 0.3) is 0 Å². The molecule has 1 fully saturated rings. The first kappa shape index (κ1) is 13.2.